The zero-order valence-corrected chi connectivity index (χ0v) is 22.7. The second-order valence-electron chi connectivity index (χ2n) is 10.6. The summed E-state index contributed by atoms with van der Waals surface area (Å²) in [5.41, 5.74) is 0. The standard InChI is InChI=1S/C31H64O/c1-2-3-4-5-6-7-8-9-10-11-12-13-14-15-16-17-18-19-20-21-22-23-24-25-26-27-28-29-30-31-32/h32H,2-31H2,1H3. The van der Waals surface area contributed by atoms with Crippen LogP contribution in [0, 0.1) is 0 Å². The molecule has 0 unspecified atom stereocenters. The Morgan fingerprint density at radius 2 is 0.406 bits per heavy atom. The van der Waals surface area contributed by atoms with Gasteiger partial charge in [-0.1, -0.05) is 187 Å². The Morgan fingerprint density at radius 1 is 0.250 bits per heavy atom. The van der Waals surface area contributed by atoms with Gasteiger partial charge in [0.25, 0.3) is 0 Å². The van der Waals surface area contributed by atoms with Crippen molar-refractivity contribution in [1.82, 2.24) is 0 Å². The molecule has 0 aromatic rings. The number of aliphatic hydroxyl groups is 1. The SMILES string of the molecule is CCCCCCCCCCCCCCCCCCCCCCCCCCCCCCCO. The van der Waals surface area contributed by atoms with Gasteiger partial charge in [-0.2, -0.15) is 0 Å². The van der Waals surface area contributed by atoms with Crippen LogP contribution in [0.25, 0.3) is 0 Å². The minimum atomic E-state index is 0.374. The highest BCUT2D eigenvalue weighted by atomic mass is 16.2. The van der Waals surface area contributed by atoms with E-state index in [-0.39, 0.29) is 0 Å². The Kier molecular flexibility index (Phi) is 30.9. The van der Waals surface area contributed by atoms with Crippen LogP contribution in [0.2, 0.25) is 0 Å². The third kappa shape index (κ3) is 30.0. The van der Waals surface area contributed by atoms with E-state index in [0.29, 0.717) is 6.61 Å². The lowest BCUT2D eigenvalue weighted by molar-refractivity contribution is 0.282. The van der Waals surface area contributed by atoms with E-state index in [0.717, 1.165) is 6.42 Å². The third-order valence-corrected chi connectivity index (χ3v) is 7.26. The molecule has 0 aliphatic rings. The highest BCUT2D eigenvalue weighted by molar-refractivity contribution is 4.52. The summed E-state index contributed by atoms with van der Waals surface area (Å²) in [7, 11) is 0. The van der Waals surface area contributed by atoms with Crippen LogP contribution in [0.15, 0.2) is 0 Å². The summed E-state index contributed by atoms with van der Waals surface area (Å²) in [6.45, 7) is 2.68. The van der Waals surface area contributed by atoms with Crippen molar-refractivity contribution in [3.8, 4) is 0 Å². The van der Waals surface area contributed by atoms with Gasteiger partial charge in [0.1, 0.15) is 0 Å². The summed E-state index contributed by atoms with van der Waals surface area (Å²) in [4.78, 5) is 0. The number of hydrogen-bond donors (Lipinski definition) is 1. The molecule has 0 aromatic heterocycles. The fourth-order valence-corrected chi connectivity index (χ4v) is 4.96. The zero-order chi connectivity index (χ0) is 23.2. The predicted molar refractivity (Wildman–Crippen MR) is 147 cm³/mol. The Balaban J connectivity index is 2.98. The Bertz CT molecular complexity index is 271. The molecular formula is C31H64O. The molecule has 0 aromatic carbocycles. The first kappa shape index (κ1) is 32.0. The maximum absolute atomic E-state index is 8.76. The lowest BCUT2D eigenvalue weighted by atomic mass is 10.0. The van der Waals surface area contributed by atoms with E-state index in [2.05, 4.69) is 6.92 Å². The molecule has 0 heterocycles. The van der Waals surface area contributed by atoms with E-state index in [1.165, 1.54) is 180 Å². The van der Waals surface area contributed by atoms with Crippen LogP contribution in [0.4, 0.5) is 0 Å². The fraction of sp³-hybridized carbons (Fsp3) is 1.00. The highest BCUT2D eigenvalue weighted by Crippen LogP contribution is 2.16. The van der Waals surface area contributed by atoms with E-state index in [1.54, 1.807) is 0 Å². The molecule has 0 radical (unpaired) electrons. The molecule has 194 valence electrons. The van der Waals surface area contributed by atoms with Gasteiger partial charge in [-0.25, -0.2) is 0 Å². The average Bonchev–Trinajstić information content (AvgIpc) is 2.81. The van der Waals surface area contributed by atoms with Crippen LogP contribution in [0.3, 0.4) is 0 Å². The molecule has 0 fully saturated rings. The van der Waals surface area contributed by atoms with E-state index in [4.69, 9.17) is 5.11 Å². The summed E-state index contributed by atoms with van der Waals surface area (Å²) in [5.74, 6) is 0. The Labute approximate surface area is 204 Å². The minimum absolute atomic E-state index is 0.374. The topological polar surface area (TPSA) is 20.2 Å². The monoisotopic (exact) mass is 452 g/mol. The molecule has 1 N–H and O–H groups in total. The van der Waals surface area contributed by atoms with Crippen molar-refractivity contribution in [2.45, 2.75) is 193 Å². The van der Waals surface area contributed by atoms with E-state index in [9.17, 15) is 0 Å². The molecule has 32 heavy (non-hydrogen) atoms. The fourth-order valence-electron chi connectivity index (χ4n) is 4.96. The van der Waals surface area contributed by atoms with Gasteiger partial charge in [-0.05, 0) is 6.42 Å². The zero-order valence-electron chi connectivity index (χ0n) is 22.7. The van der Waals surface area contributed by atoms with Gasteiger partial charge < -0.3 is 5.11 Å². The molecule has 0 amide bonds. The normalized spacial score (nSPS) is 11.4. The minimum Gasteiger partial charge on any atom is -0.396 e. The first-order valence-electron chi connectivity index (χ1n) is 15.5. The first-order chi connectivity index (χ1) is 15.9. The molecule has 0 bridgehead atoms. The van der Waals surface area contributed by atoms with Gasteiger partial charge in [-0.3, -0.25) is 0 Å². The van der Waals surface area contributed by atoms with E-state index >= 15 is 0 Å². The molecule has 0 aliphatic heterocycles. The number of rotatable bonds is 29. The van der Waals surface area contributed by atoms with Gasteiger partial charge in [-0.15, -0.1) is 0 Å². The summed E-state index contributed by atoms with van der Waals surface area (Å²) >= 11 is 0. The Morgan fingerprint density at radius 3 is 0.562 bits per heavy atom. The van der Waals surface area contributed by atoms with Crippen molar-refractivity contribution in [2.24, 2.45) is 0 Å². The molecule has 1 nitrogen and oxygen atoms in total. The predicted octanol–water partition coefficient (Wildman–Crippen LogP) is 11.3. The smallest absolute Gasteiger partial charge is 0.0431 e. The number of unbranched alkanes of at least 4 members (excludes halogenated alkanes) is 28. The summed E-state index contributed by atoms with van der Waals surface area (Å²) < 4.78 is 0. The van der Waals surface area contributed by atoms with Crippen molar-refractivity contribution in [3.63, 3.8) is 0 Å². The lowest BCUT2D eigenvalue weighted by Crippen LogP contribution is -1.85. The van der Waals surface area contributed by atoms with E-state index in [1.807, 2.05) is 0 Å². The molecule has 0 spiro atoms. The number of aliphatic hydroxyl groups excluding tert-OH is 1. The van der Waals surface area contributed by atoms with Crippen LogP contribution in [-0.4, -0.2) is 11.7 Å². The van der Waals surface area contributed by atoms with Crippen molar-refractivity contribution in [1.29, 1.82) is 0 Å². The maximum atomic E-state index is 8.76. The largest absolute Gasteiger partial charge is 0.396 e. The van der Waals surface area contributed by atoms with Crippen LogP contribution in [0.1, 0.15) is 193 Å². The molecule has 0 saturated heterocycles. The molecule has 1 heteroatoms. The van der Waals surface area contributed by atoms with Crippen molar-refractivity contribution in [2.75, 3.05) is 6.61 Å². The lowest BCUT2D eigenvalue weighted by Gasteiger charge is -2.04. The molecule has 0 aliphatic carbocycles. The van der Waals surface area contributed by atoms with Gasteiger partial charge in [0, 0.05) is 6.61 Å². The van der Waals surface area contributed by atoms with Crippen LogP contribution in [0.5, 0.6) is 0 Å². The van der Waals surface area contributed by atoms with Crippen molar-refractivity contribution < 1.29 is 5.11 Å². The summed E-state index contributed by atoms with van der Waals surface area (Å²) in [6.07, 6.45) is 41.6. The molecule has 0 rings (SSSR count). The second-order valence-corrected chi connectivity index (χ2v) is 10.6. The Hall–Kier alpha value is -0.0400. The van der Waals surface area contributed by atoms with Crippen LogP contribution in [-0.2, 0) is 0 Å². The van der Waals surface area contributed by atoms with Gasteiger partial charge in [0.2, 0.25) is 0 Å². The third-order valence-electron chi connectivity index (χ3n) is 7.26. The first-order valence-corrected chi connectivity index (χ1v) is 15.5. The van der Waals surface area contributed by atoms with Gasteiger partial charge in [0.15, 0.2) is 0 Å². The van der Waals surface area contributed by atoms with Gasteiger partial charge >= 0.3 is 0 Å². The molecular weight excluding hydrogens is 388 g/mol. The number of hydrogen-bond acceptors (Lipinski definition) is 1. The summed E-state index contributed by atoms with van der Waals surface area (Å²) in [6, 6.07) is 0. The van der Waals surface area contributed by atoms with Crippen molar-refractivity contribution in [3.05, 3.63) is 0 Å². The second kappa shape index (κ2) is 31.0. The maximum Gasteiger partial charge on any atom is 0.0431 e. The quantitative estimate of drug-likeness (QED) is 0.112. The van der Waals surface area contributed by atoms with E-state index < -0.39 is 0 Å². The van der Waals surface area contributed by atoms with Crippen LogP contribution < -0.4 is 0 Å². The average molecular weight is 453 g/mol. The van der Waals surface area contributed by atoms with Crippen molar-refractivity contribution >= 4 is 0 Å². The van der Waals surface area contributed by atoms with Gasteiger partial charge in [0.05, 0.1) is 0 Å². The summed E-state index contributed by atoms with van der Waals surface area (Å²) in [5, 5.41) is 8.76. The van der Waals surface area contributed by atoms with Crippen LogP contribution >= 0.6 is 0 Å². The molecule has 0 atom stereocenters. The highest BCUT2D eigenvalue weighted by Gasteiger charge is 1.96. The molecule has 0 saturated carbocycles.